The summed E-state index contributed by atoms with van der Waals surface area (Å²) in [6.45, 7) is 1.52. The second-order valence-corrected chi connectivity index (χ2v) is 5.21. The van der Waals surface area contributed by atoms with E-state index in [2.05, 4.69) is 0 Å². The van der Waals surface area contributed by atoms with Crippen LogP contribution in [0.25, 0.3) is 0 Å². The van der Waals surface area contributed by atoms with Gasteiger partial charge in [0.15, 0.2) is 0 Å². The van der Waals surface area contributed by atoms with Gasteiger partial charge in [0.25, 0.3) is 0 Å². The quantitative estimate of drug-likeness (QED) is 0.880. The molecule has 0 unspecified atom stereocenters. The van der Waals surface area contributed by atoms with Crippen LogP contribution in [0, 0.1) is 12.7 Å². The minimum Gasteiger partial charge on any atom is -0.395 e. The smallest absolute Gasteiger partial charge is 0.123 e. The van der Waals surface area contributed by atoms with Crippen molar-refractivity contribution in [1.82, 2.24) is 0 Å². The summed E-state index contributed by atoms with van der Waals surface area (Å²) in [5, 5.41) is 19.6. The third kappa shape index (κ3) is 2.89. The number of aliphatic hydroxyl groups is 2. The van der Waals surface area contributed by atoms with E-state index in [0.717, 1.165) is 16.7 Å². The molecule has 20 heavy (non-hydrogen) atoms. The summed E-state index contributed by atoms with van der Waals surface area (Å²) >= 11 is 0. The van der Waals surface area contributed by atoms with Gasteiger partial charge < -0.3 is 10.2 Å². The van der Waals surface area contributed by atoms with Crippen LogP contribution >= 0.6 is 0 Å². The molecule has 0 spiro atoms. The van der Waals surface area contributed by atoms with E-state index < -0.39 is 5.41 Å². The third-order valence-electron chi connectivity index (χ3n) is 3.83. The van der Waals surface area contributed by atoms with Gasteiger partial charge in [-0.05, 0) is 42.2 Å². The van der Waals surface area contributed by atoms with Gasteiger partial charge in [-0.15, -0.1) is 0 Å². The first kappa shape index (κ1) is 14.7. The predicted octanol–water partition coefficient (Wildman–Crippen LogP) is 2.60. The van der Waals surface area contributed by atoms with Crippen molar-refractivity contribution in [2.45, 2.75) is 18.8 Å². The molecule has 2 N–H and O–H groups in total. The van der Waals surface area contributed by atoms with Gasteiger partial charge in [0.2, 0.25) is 0 Å². The first-order valence-corrected chi connectivity index (χ1v) is 6.63. The highest BCUT2D eigenvalue weighted by atomic mass is 19.1. The van der Waals surface area contributed by atoms with Gasteiger partial charge in [-0.1, -0.05) is 36.4 Å². The van der Waals surface area contributed by atoms with Gasteiger partial charge >= 0.3 is 0 Å². The van der Waals surface area contributed by atoms with Crippen molar-refractivity contribution in [2.24, 2.45) is 0 Å². The number of benzene rings is 2. The molecule has 2 rings (SSSR count). The van der Waals surface area contributed by atoms with Crippen molar-refractivity contribution >= 4 is 0 Å². The fourth-order valence-corrected chi connectivity index (χ4v) is 2.43. The summed E-state index contributed by atoms with van der Waals surface area (Å²) in [6.07, 6.45) is 0.396. The molecule has 0 saturated heterocycles. The Balaban J connectivity index is 2.42. The lowest BCUT2D eigenvalue weighted by molar-refractivity contribution is 0.116. The normalized spacial score (nSPS) is 11.6. The molecule has 0 atom stereocenters. The number of aryl methyl sites for hydroxylation is 1. The highest BCUT2D eigenvalue weighted by Crippen LogP contribution is 2.29. The van der Waals surface area contributed by atoms with Gasteiger partial charge in [-0.2, -0.15) is 0 Å². The number of hydrogen-bond acceptors (Lipinski definition) is 2. The van der Waals surface area contributed by atoms with Crippen molar-refractivity contribution in [2.75, 3.05) is 13.2 Å². The standard InChI is InChI=1S/C17H19FO2/c1-13-7-8-16(18)9-14(13)10-17(11-19,12-20)15-5-3-2-4-6-15/h2-9,19-20H,10-12H2,1H3. The monoisotopic (exact) mass is 274 g/mol. The number of rotatable bonds is 5. The summed E-state index contributed by atoms with van der Waals surface area (Å²) < 4.78 is 13.4. The number of aliphatic hydroxyl groups excluding tert-OH is 2. The highest BCUT2D eigenvalue weighted by Gasteiger charge is 2.31. The Bertz CT molecular complexity index is 562. The minimum atomic E-state index is -0.792. The van der Waals surface area contributed by atoms with E-state index in [-0.39, 0.29) is 19.0 Å². The molecule has 0 aromatic heterocycles. The molecule has 0 aliphatic rings. The van der Waals surface area contributed by atoms with E-state index >= 15 is 0 Å². The molecule has 0 bridgehead atoms. The molecular formula is C17H19FO2. The van der Waals surface area contributed by atoms with Gasteiger partial charge in [0.05, 0.1) is 13.2 Å². The zero-order chi connectivity index (χ0) is 14.6. The molecule has 0 amide bonds. The Kier molecular flexibility index (Phi) is 4.53. The van der Waals surface area contributed by atoms with Crippen LogP contribution in [0.5, 0.6) is 0 Å². The maximum atomic E-state index is 13.4. The summed E-state index contributed by atoms with van der Waals surface area (Å²) in [5.74, 6) is -0.302. The van der Waals surface area contributed by atoms with E-state index in [4.69, 9.17) is 0 Å². The van der Waals surface area contributed by atoms with Crippen LogP contribution in [0.4, 0.5) is 4.39 Å². The van der Waals surface area contributed by atoms with Gasteiger partial charge in [-0.3, -0.25) is 0 Å². The van der Waals surface area contributed by atoms with Crippen molar-refractivity contribution in [1.29, 1.82) is 0 Å². The summed E-state index contributed by atoms with van der Waals surface area (Å²) in [7, 11) is 0. The lowest BCUT2D eigenvalue weighted by Gasteiger charge is -2.31. The largest absolute Gasteiger partial charge is 0.395 e. The first-order chi connectivity index (χ1) is 9.61. The third-order valence-corrected chi connectivity index (χ3v) is 3.83. The minimum absolute atomic E-state index is 0.191. The summed E-state index contributed by atoms with van der Waals surface area (Å²) in [6, 6.07) is 14.0. The fraction of sp³-hybridized carbons (Fsp3) is 0.294. The average molecular weight is 274 g/mol. The second-order valence-electron chi connectivity index (χ2n) is 5.21. The molecule has 0 aliphatic heterocycles. The molecule has 0 aliphatic carbocycles. The Morgan fingerprint density at radius 1 is 1.00 bits per heavy atom. The Hall–Kier alpha value is -1.71. The van der Waals surface area contributed by atoms with Crippen molar-refractivity contribution in [3.63, 3.8) is 0 Å². The maximum Gasteiger partial charge on any atom is 0.123 e. The molecule has 3 heteroatoms. The Morgan fingerprint density at radius 2 is 1.65 bits per heavy atom. The van der Waals surface area contributed by atoms with E-state index in [1.165, 1.54) is 12.1 Å². The fourth-order valence-electron chi connectivity index (χ4n) is 2.43. The molecule has 2 nitrogen and oxygen atoms in total. The highest BCUT2D eigenvalue weighted by molar-refractivity contribution is 5.34. The van der Waals surface area contributed by atoms with Crippen LogP contribution < -0.4 is 0 Å². The van der Waals surface area contributed by atoms with E-state index in [1.807, 2.05) is 37.3 Å². The van der Waals surface area contributed by atoms with E-state index in [0.29, 0.717) is 6.42 Å². The molecule has 2 aromatic carbocycles. The zero-order valence-electron chi connectivity index (χ0n) is 11.5. The molecule has 0 heterocycles. The summed E-state index contributed by atoms with van der Waals surface area (Å²) in [4.78, 5) is 0. The van der Waals surface area contributed by atoms with Crippen molar-refractivity contribution in [3.8, 4) is 0 Å². The van der Waals surface area contributed by atoms with Gasteiger partial charge in [-0.25, -0.2) is 4.39 Å². The van der Waals surface area contributed by atoms with E-state index in [9.17, 15) is 14.6 Å². The predicted molar refractivity (Wildman–Crippen MR) is 77.1 cm³/mol. The van der Waals surface area contributed by atoms with Crippen LogP contribution in [0.3, 0.4) is 0 Å². The first-order valence-electron chi connectivity index (χ1n) is 6.63. The molecule has 0 fully saturated rings. The van der Waals surface area contributed by atoms with Crippen LogP contribution in [-0.2, 0) is 11.8 Å². The van der Waals surface area contributed by atoms with Gasteiger partial charge in [0, 0.05) is 5.41 Å². The SMILES string of the molecule is Cc1ccc(F)cc1CC(CO)(CO)c1ccccc1. The molecule has 0 radical (unpaired) electrons. The maximum absolute atomic E-state index is 13.4. The summed E-state index contributed by atoms with van der Waals surface area (Å²) in [5.41, 5.74) is 1.82. The Labute approximate surface area is 118 Å². The molecule has 106 valence electrons. The van der Waals surface area contributed by atoms with Crippen LogP contribution in [0.15, 0.2) is 48.5 Å². The van der Waals surface area contributed by atoms with E-state index in [1.54, 1.807) is 6.07 Å². The average Bonchev–Trinajstić information content (AvgIpc) is 2.49. The van der Waals surface area contributed by atoms with Crippen LogP contribution in [0.1, 0.15) is 16.7 Å². The van der Waals surface area contributed by atoms with Crippen molar-refractivity contribution in [3.05, 3.63) is 71.0 Å². The molecular weight excluding hydrogens is 255 g/mol. The molecule has 0 saturated carbocycles. The topological polar surface area (TPSA) is 40.5 Å². The number of halogens is 1. The second kappa shape index (κ2) is 6.16. The molecule has 2 aromatic rings. The van der Waals surface area contributed by atoms with Crippen LogP contribution in [-0.4, -0.2) is 23.4 Å². The van der Waals surface area contributed by atoms with Crippen molar-refractivity contribution < 1.29 is 14.6 Å². The lowest BCUT2D eigenvalue weighted by Crippen LogP contribution is -2.37. The van der Waals surface area contributed by atoms with Gasteiger partial charge in [0.1, 0.15) is 5.82 Å². The zero-order valence-corrected chi connectivity index (χ0v) is 11.5. The van der Waals surface area contributed by atoms with Crippen LogP contribution in [0.2, 0.25) is 0 Å². The lowest BCUT2D eigenvalue weighted by atomic mass is 9.76. The Morgan fingerprint density at radius 3 is 2.25 bits per heavy atom. The number of hydrogen-bond donors (Lipinski definition) is 2.